The van der Waals surface area contributed by atoms with Gasteiger partial charge in [-0.3, -0.25) is 9.69 Å². The van der Waals surface area contributed by atoms with Gasteiger partial charge in [0.2, 0.25) is 5.91 Å². The van der Waals surface area contributed by atoms with Gasteiger partial charge in [0.15, 0.2) is 6.29 Å². The Morgan fingerprint density at radius 1 is 1.17 bits per heavy atom. The first kappa shape index (κ1) is 29.9. The molecule has 1 saturated heterocycles. The van der Waals surface area contributed by atoms with E-state index in [1.807, 2.05) is 20.8 Å². The number of aliphatic hydroxyl groups excluding tert-OH is 1. The second-order valence-electron chi connectivity index (χ2n) is 11.5. The number of hydrogen-bond donors (Lipinski definition) is 2. The van der Waals surface area contributed by atoms with Crippen LogP contribution in [0.25, 0.3) is 0 Å². The highest BCUT2D eigenvalue weighted by Gasteiger charge is 2.46. The lowest BCUT2D eigenvalue weighted by atomic mass is 9.94. The first-order valence-electron chi connectivity index (χ1n) is 12.1. The maximum Gasteiger partial charge on any atom is 0.411 e. The van der Waals surface area contributed by atoms with Crippen LogP contribution in [0, 0.1) is 17.0 Å². The van der Waals surface area contributed by atoms with E-state index in [1.54, 1.807) is 27.7 Å². The van der Waals surface area contributed by atoms with Gasteiger partial charge in [-0.25, -0.2) is 13.6 Å². The van der Waals surface area contributed by atoms with E-state index >= 15 is 0 Å². The minimum atomic E-state index is -1.35. The van der Waals surface area contributed by atoms with Gasteiger partial charge in [0.1, 0.15) is 17.2 Å². The number of benzene rings is 1. The van der Waals surface area contributed by atoms with Gasteiger partial charge in [-0.05, 0) is 57.2 Å². The molecule has 1 aliphatic rings. The van der Waals surface area contributed by atoms with Gasteiger partial charge < -0.3 is 24.6 Å². The van der Waals surface area contributed by atoms with Crippen molar-refractivity contribution < 1.29 is 37.7 Å². The predicted octanol–water partition coefficient (Wildman–Crippen LogP) is 3.79. The van der Waals surface area contributed by atoms with Crippen LogP contribution in [-0.4, -0.2) is 71.3 Å². The number of halogens is 2. The van der Waals surface area contributed by atoms with Crippen molar-refractivity contribution in [3.63, 3.8) is 0 Å². The summed E-state index contributed by atoms with van der Waals surface area (Å²) in [5.74, 6) is -1.99. The highest BCUT2D eigenvalue weighted by atomic mass is 19.1. The van der Waals surface area contributed by atoms with Crippen molar-refractivity contribution in [3.8, 4) is 0 Å². The van der Waals surface area contributed by atoms with Crippen molar-refractivity contribution in [2.75, 3.05) is 13.2 Å². The van der Waals surface area contributed by atoms with Crippen LogP contribution in [0.1, 0.15) is 61.0 Å². The maximum atomic E-state index is 13.8. The number of aliphatic hydroxyl groups is 1. The Bertz CT molecular complexity index is 894. The lowest BCUT2D eigenvalue weighted by Crippen LogP contribution is -2.66. The Labute approximate surface area is 212 Å². The lowest BCUT2D eigenvalue weighted by molar-refractivity contribution is -0.233. The van der Waals surface area contributed by atoms with E-state index in [0.717, 1.165) is 18.2 Å². The van der Waals surface area contributed by atoms with E-state index in [4.69, 9.17) is 14.2 Å². The summed E-state index contributed by atoms with van der Waals surface area (Å²) < 4.78 is 45.0. The van der Waals surface area contributed by atoms with Gasteiger partial charge in [-0.2, -0.15) is 0 Å². The lowest BCUT2D eigenvalue weighted by Gasteiger charge is -2.47. The summed E-state index contributed by atoms with van der Waals surface area (Å²) in [6, 6.07) is 0.465. The molecule has 1 aliphatic heterocycles. The average molecular weight is 515 g/mol. The molecule has 0 saturated carbocycles. The van der Waals surface area contributed by atoms with E-state index in [9.17, 15) is 23.5 Å². The molecule has 5 atom stereocenters. The summed E-state index contributed by atoms with van der Waals surface area (Å²) in [6.45, 7) is 14.5. The number of carbonyl (C=O) groups excluding carboxylic acids is 2. The molecule has 0 radical (unpaired) electrons. The molecule has 0 bridgehead atoms. The second-order valence-corrected chi connectivity index (χ2v) is 11.5. The Balaban J connectivity index is 2.36. The third-order valence-corrected chi connectivity index (χ3v) is 5.48. The molecule has 36 heavy (non-hydrogen) atoms. The predicted molar refractivity (Wildman–Crippen MR) is 130 cm³/mol. The molecule has 1 fully saturated rings. The molecular weight excluding hydrogens is 474 g/mol. The van der Waals surface area contributed by atoms with Crippen molar-refractivity contribution in [2.45, 2.75) is 97.9 Å². The Hall–Kier alpha value is -2.30. The van der Waals surface area contributed by atoms with Crippen LogP contribution < -0.4 is 5.32 Å². The zero-order chi connectivity index (χ0) is 27.4. The van der Waals surface area contributed by atoms with E-state index in [2.05, 4.69) is 5.32 Å². The molecule has 8 nitrogen and oxygen atoms in total. The SMILES string of the molecule is CC(=O)NC(Cc1cc(F)cc(F)c1)C(O)C1COC(OCC(C)(C)C)C(C)N1C(=O)OC(C)(C)C. The van der Waals surface area contributed by atoms with Crippen LogP contribution >= 0.6 is 0 Å². The van der Waals surface area contributed by atoms with Gasteiger partial charge in [0.25, 0.3) is 0 Å². The van der Waals surface area contributed by atoms with Crippen LogP contribution in [0.4, 0.5) is 13.6 Å². The summed E-state index contributed by atoms with van der Waals surface area (Å²) in [4.78, 5) is 26.6. The average Bonchev–Trinajstić information content (AvgIpc) is 2.68. The third-order valence-electron chi connectivity index (χ3n) is 5.48. The number of ether oxygens (including phenoxy) is 3. The number of nitrogens with one attached hydrogen (secondary N) is 1. The van der Waals surface area contributed by atoms with E-state index in [1.165, 1.54) is 11.8 Å². The molecule has 2 rings (SSSR count). The van der Waals surface area contributed by atoms with E-state index in [0.29, 0.717) is 6.61 Å². The number of amides is 2. The molecule has 1 heterocycles. The number of carbonyl (C=O) groups is 2. The highest BCUT2D eigenvalue weighted by molar-refractivity contribution is 5.73. The summed E-state index contributed by atoms with van der Waals surface area (Å²) in [5, 5.41) is 14.0. The third kappa shape index (κ3) is 8.97. The zero-order valence-electron chi connectivity index (χ0n) is 22.4. The standard InChI is InChI=1S/C26H40F2N2O6/c1-15-23(35-14-25(3,4)5)34-13-21(30(15)24(33)36-26(6,7)8)22(32)20(29-16(2)31)11-17-9-18(27)12-19(28)10-17/h9-10,12,15,20-23,32H,11,13-14H2,1-8H3,(H,29,31). The number of rotatable bonds is 7. The quantitative estimate of drug-likeness (QED) is 0.575. The molecule has 10 heteroatoms. The fraction of sp³-hybridized carbons (Fsp3) is 0.692. The van der Waals surface area contributed by atoms with Gasteiger partial charge in [0, 0.05) is 13.0 Å². The zero-order valence-corrected chi connectivity index (χ0v) is 22.4. The molecule has 204 valence electrons. The van der Waals surface area contributed by atoms with Crippen molar-refractivity contribution in [1.29, 1.82) is 0 Å². The van der Waals surface area contributed by atoms with Gasteiger partial charge in [0.05, 0.1) is 37.4 Å². The van der Waals surface area contributed by atoms with Gasteiger partial charge >= 0.3 is 6.09 Å². The molecular formula is C26H40F2N2O6. The molecule has 2 N–H and O–H groups in total. The highest BCUT2D eigenvalue weighted by Crippen LogP contribution is 2.28. The van der Waals surface area contributed by atoms with Crippen LogP contribution in [0.5, 0.6) is 0 Å². The first-order chi connectivity index (χ1) is 16.5. The minimum absolute atomic E-state index is 0.0770. The Kier molecular flexibility index (Phi) is 9.84. The molecule has 1 aromatic rings. The summed E-state index contributed by atoms with van der Waals surface area (Å²) >= 11 is 0. The van der Waals surface area contributed by atoms with Crippen molar-refractivity contribution in [3.05, 3.63) is 35.4 Å². The largest absolute Gasteiger partial charge is 0.444 e. The number of morpholine rings is 1. The molecule has 0 aromatic heterocycles. The maximum absolute atomic E-state index is 13.8. The van der Waals surface area contributed by atoms with Crippen molar-refractivity contribution >= 4 is 12.0 Å². The van der Waals surface area contributed by atoms with Crippen LogP contribution in [-0.2, 0) is 25.4 Å². The van der Waals surface area contributed by atoms with Crippen molar-refractivity contribution in [1.82, 2.24) is 10.2 Å². The van der Waals surface area contributed by atoms with Gasteiger partial charge in [-0.15, -0.1) is 0 Å². The van der Waals surface area contributed by atoms with E-state index in [-0.39, 0.29) is 24.0 Å². The topological polar surface area (TPSA) is 97.3 Å². The molecule has 1 aromatic carbocycles. The summed E-state index contributed by atoms with van der Waals surface area (Å²) in [6.07, 6.45) is -2.87. The fourth-order valence-corrected chi connectivity index (χ4v) is 4.01. The Morgan fingerprint density at radius 3 is 2.25 bits per heavy atom. The van der Waals surface area contributed by atoms with Crippen LogP contribution in [0.3, 0.4) is 0 Å². The fourth-order valence-electron chi connectivity index (χ4n) is 4.01. The second kappa shape index (κ2) is 11.8. The normalized spacial score (nSPS) is 22.6. The Morgan fingerprint density at radius 2 is 1.75 bits per heavy atom. The van der Waals surface area contributed by atoms with E-state index < -0.39 is 59.8 Å². The van der Waals surface area contributed by atoms with Crippen LogP contribution in [0.2, 0.25) is 0 Å². The number of hydrogen-bond acceptors (Lipinski definition) is 6. The minimum Gasteiger partial charge on any atom is -0.444 e. The number of nitrogens with zero attached hydrogens (tertiary/aromatic N) is 1. The monoisotopic (exact) mass is 514 g/mol. The summed E-state index contributed by atoms with van der Waals surface area (Å²) in [5.41, 5.74) is -0.708. The van der Waals surface area contributed by atoms with Gasteiger partial charge in [-0.1, -0.05) is 20.8 Å². The van der Waals surface area contributed by atoms with Crippen LogP contribution in [0.15, 0.2) is 18.2 Å². The molecule has 0 aliphatic carbocycles. The van der Waals surface area contributed by atoms with Crippen molar-refractivity contribution in [2.24, 2.45) is 5.41 Å². The first-order valence-corrected chi connectivity index (χ1v) is 12.1. The summed E-state index contributed by atoms with van der Waals surface area (Å²) in [7, 11) is 0. The molecule has 2 amide bonds. The molecule has 0 spiro atoms. The molecule has 5 unspecified atom stereocenters. The smallest absolute Gasteiger partial charge is 0.411 e.